The van der Waals surface area contributed by atoms with Crippen LogP contribution in [0.4, 0.5) is 11.4 Å². The molecule has 1 aromatic carbocycles. The third kappa shape index (κ3) is 4.41. The minimum atomic E-state index is 0.119. The molecule has 0 N–H and O–H groups in total. The largest absolute Gasteiger partial charge is 0.368 e. The third-order valence-electron chi connectivity index (χ3n) is 5.68. The van der Waals surface area contributed by atoms with Crippen molar-refractivity contribution in [1.82, 2.24) is 9.88 Å². The SMILES string of the molecule is O=C(c1cncc(N2CCN(c3cccc(Cl)c3)CC2)c1)N1CCCCCC1. The Balaban J connectivity index is 1.41. The van der Waals surface area contributed by atoms with Crippen LogP contribution in [0.3, 0.4) is 0 Å². The average Bonchev–Trinajstić information content (AvgIpc) is 3.03. The number of nitrogens with zero attached hydrogens (tertiary/aromatic N) is 4. The zero-order valence-corrected chi connectivity index (χ0v) is 16.9. The van der Waals surface area contributed by atoms with Gasteiger partial charge >= 0.3 is 0 Å². The number of likely N-dealkylation sites (tertiary alicyclic amines) is 1. The number of carbonyl (C=O) groups is 1. The van der Waals surface area contributed by atoms with Gasteiger partial charge in [0.2, 0.25) is 0 Å². The predicted molar refractivity (Wildman–Crippen MR) is 114 cm³/mol. The van der Waals surface area contributed by atoms with E-state index < -0.39 is 0 Å². The number of carbonyl (C=O) groups excluding carboxylic acids is 1. The van der Waals surface area contributed by atoms with Crippen LogP contribution in [0.5, 0.6) is 0 Å². The highest BCUT2D eigenvalue weighted by atomic mass is 35.5. The van der Waals surface area contributed by atoms with E-state index in [2.05, 4.69) is 20.9 Å². The summed E-state index contributed by atoms with van der Waals surface area (Å²) in [6, 6.07) is 10.0. The van der Waals surface area contributed by atoms with Crippen LogP contribution in [0.2, 0.25) is 5.02 Å². The minimum absolute atomic E-state index is 0.119. The summed E-state index contributed by atoms with van der Waals surface area (Å²) in [4.78, 5) is 23.9. The van der Waals surface area contributed by atoms with Gasteiger partial charge in [0.05, 0.1) is 17.4 Å². The lowest BCUT2D eigenvalue weighted by molar-refractivity contribution is 0.0761. The predicted octanol–water partition coefficient (Wildman–Crippen LogP) is 4.08. The van der Waals surface area contributed by atoms with Crippen LogP contribution < -0.4 is 9.80 Å². The maximum Gasteiger partial charge on any atom is 0.255 e. The topological polar surface area (TPSA) is 39.7 Å². The Morgan fingerprint density at radius 3 is 2.18 bits per heavy atom. The van der Waals surface area contributed by atoms with Gasteiger partial charge in [0.25, 0.3) is 5.91 Å². The van der Waals surface area contributed by atoms with E-state index in [0.717, 1.165) is 68.5 Å². The van der Waals surface area contributed by atoms with Crippen molar-refractivity contribution in [3.8, 4) is 0 Å². The monoisotopic (exact) mass is 398 g/mol. The molecule has 5 nitrogen and oxygen atoms in total. The van der Waals surface area contributed by atoms with E-state index in [1.54, 1.807) is 6.20 Å². The molecule has 0 aliphatic carbocycles. The maximum absolute atomic E-state index is 12.9. The Morgan fingerprint density at radius 1 is 0.821 bits per heavy atom. The number of anilines is 2. The average molecular weight is 399 g/mol. The molecule has 0 radical (unpaired) electrons. The number of hydrogen-bond donors (Lipinski definition) is 0. The van der Waals surface area contributed by atoms with Gasteiger partial charge in [-0.2, -0.15) is 0 Å². The van der Waals surface area contributed by atoms with Crippen molar-refractivity contribution in [1.29, 1.82) is 0 Å². The normalized spacial score (nSPS) is 18.1. The standard InChI is InChI=1S/C22H27ClN4O/c23-19-6-5-7-20(15-19)25-10-12-26(13-11-25)21-14-18(16-24-17-21)22(28)27-8-3-1-2-4-9-27/h5-7,14-17H,1-4,8-13H2. The summed E-state index contributed by atoms with van der Waals surface area (Å²) in [5, 5.41) is 0.767. The van der Waals surface area contributed by atoms with Gasteiger partial charge in [0, 0.05) is 56.2 Å². The molecule has 4 rings (SSSR count). The lowest BCUT2D eigenvalue weighted by Crippen LogP contribution is -2.46. The lowest BCUT2D eigenvalue weighted by Gasteiger charge is -2.37. The number of hydrogen-bond acceptors (Lipinski definition) is 4. The number of benzene rings is 1. The lowest BCUT2D eigenvalue weighted by atomic mass is 10.2. The maximum atomic E-state index is 12.9. The summed E-state index contributed by atoms with van der Waals surface area (Å²) in [5.74, 6) is 0.119. The summed E-state index contributed by atoms with van der Waals surface area (Å²) < 4.78 is 0. The second kappa shape index (κ2) is 8.82. The first-order valence-corrected chi connectivity index (χ1v) is 10.6. The molecule has 0 bridgehead atoms. The number of amides is 1. The van der Waals surface area contributed by atoms with E-state index >= 15 is 0 Å². The van der Waals surface area contributed by atoms with E-state index in [4.69, 9.17) is 11.6 Å². The molecular weight excluding hydrogens is 372 g/mol. The molecule has 0 atom stereocenters. The van der Waals surface area contributed by atoms with E-state index in [-0.39, 0.29) is 5.91 Å². The molecule has 1 aromatic heterocycles. The van der Waals surface area contributed by atoms with Crippen molar-refractivity contribution in [3.63, 3.8) is 0 Å². The van der Waals surface area contributed by atoms with Gasteiger partial charge in [-0.3, -0.25) is 9.78 Å². The fraction of sp³-hybridized carbons (Fsp3) is 0.455. The minimum Gasteiger partial charge on any atom is -0.368 e. The Morgan fingerprint density at radius 2 is 1.50 bits per heavy atom. The summed E-state index contributed by atoms with van der Waals surface area (Å²) in [6.45, 7) is 5.36. The van der Waals surface area contributed by atoms with Gasteiger partial charge in [0.15, 0.2) is 0 Å². The highest BCUT2D eigenvalue weighted by Gasteiger charge is 2.21. The molecule has 3 heterocycles. The molecular formula is C22H27ClN4O. The van der Waals surface area contributed by atoms with Crippen LogP contribution in [-0.2, 0) is 0 Å². The van der Waals surface area contributed by atoms with Crippen molar-refractivity contribution < 1.29 is 4.79 Å². The molecule has 1 amide bonds. The van der Waals surface area contributed by atoms with E-state index in [9.17, 15) is 4.79 Å². The van der Waals surface area contributed by atoms with Crippen LogP contribution in [0, 0.1) is 0 Å². The van der Waals surface area contributed by atoms with Crippen molar-refractivity contribution in [3.05, 3.63) is 53.3 Å². The first-order valence-electron chi connectivity index (χ1n) is 10.2. The van der Waals surface area contributed by atoms with Gasteiger partial charge in [-0.15, -0.1) is 0 Å². The highest BCUT2D eigenvalue weighted by molar-refractivity contribution is 6.30. The van der Waals surface area contributed by atoms with Crippen LogP contribution in [-0.4, -0.2) is 55.1 Å². The third-order valence-corrected chi connectivity index (χ3v) is 5.92. The van der Waals surface area contributed by atoms with Crippen LogP contribution >= 0.6 is 11.6 Å². The van der Waals surface area contributed by atoms with Crippen molar-refractivity contribution in [2.45, 2.75) is 25.7 Å². The quantitative estimate of drug-likeness (QED) is 0.781. The molecule has 0 saturated carbocycles. The van der Waals surface area contributed by atoms with Crippen molar-refractivity contribution in [2.75, 3.05) is 49.1 Å². The molecule has 2 aliphatic heterocycles. The molecule has 28 heavy (non-hydrogen) atoms. The van der Waals surface area contributed by atoms with Gasteiger partial charge in [-0.1, -0.05) is 30.5 Å². The Bertz CT molecular complexity index is 812. The van der Waals surface area contributed by atoms with E-state index in [0.29, 0.717) is 5.56 Å². The van der Waals surface area contributed by atoms with E-state index in [1.807, 2.05) is 35.4 Å². The van der Waals surface area contributed by atoms with Crippen LogP contribution in [0.1, 0.15) is 36.0 Å². The van der Waals surface area contributed by atoms with Crippen LogP contribution in [0.15, 0.2) is 42.7 Å². The molecule has 2 saturated heterocycles. The fourth-order valence-electron chi connectivity index (χ4n) is 4.07. The number of halogens is 1. The molecule has 2 fully saturated rings. The zero-order chi connectivity index (χ0) is 19.3. The first-order chi connectivity index (χ1) is 13.7. The number of piperazine rings is 1. The molecule has 0 spiro atoms. The number of pyridine rings is 1. The fourth-order valence-corrected chi connectivity index (χ4v) is 4.25. The first kappa shape index (κ1) is 19.1. The number of rotatable bonds is 3. The Hall–Kier alpha value is -2.27. The Labute approximate surface area is 171 Å². The van der Waals surface area contributed by atoms with Gasteiger partial charge < -0.3 is 14.7 Å². The smallest absolute Gasteiger partial charge is 0.255 e. The summed E-state index contributed by atoms with van der Waals surface area (Å²) in [6.07, 6.45) is 8.22. The van der Waals surface area contributed by atoms with Gasteiger partial charge in [-0.25, -0.2) is 0 Å². The zero-order valence-electron chi connectivity index (χ0n) is 16.2. The van der Waals surface area contributed by atoms with Crippen molar-refractivity contribution >= 4 is 28.9 Å². The molecule has 2 aromatic rings. The molecule has 2 aliphatic rings. The summed E-state index contributed by atoms with van der Waals surface area (Å²) >= 11 is 6.13. The van der Waals surface area contributed by atoms with Crippen molar-refractivity contribution in [2.24, 2.45) is 0 Å². The second-order valence-corrected chi connectivity index (χ2v) is 8.03. The molecule has 148 valence electrons. The second-order valence-electron chi connectivity index (χ2n) is 7.59. The summed E-state index contributed by atoms with van der Waals surface area (Å²) in [5.41, 5.74) is 2.90. The Kier molecular flexibility index (Phi) is 6.01. The van der Waals surface area contributed by atoms with Crippen LogP contribution in [0.25, 0.3) is 0 Å². The van der Waals surface area contributed by atoms with Gasteiger partial charge in [-0.05, 0) is 37.1 Å². The highest BCUT2D eigenvalue weighted by Crippen LogP contribution is 2.23. The van der Waals surface area contributed by atoms with Gasteiger partial charge in [0.1, 0.15) is 0 Å². The summed E-state index contributed by atoms with van der Waals surface area (Å²) in [7, 11) is 0. The molecule has 0 unspecified atom stereocenters. The number of aromatic nitrogens is 1. The van der Waals surface area contributed by atoms with E-state index in [1.165, 1.54) is 12.8 Å². The molecule has 6 heteroatoms.